The van der Waals surface area contributed by atoms with Crippen molar-refractivity contribution in [1.29, 1.82) is 0 Å². The van der Waals surface area contributed by atoms with Crippen molar-refractivity contribution < 1.29 is 14.3 Å². The molecule has 0 radical (unpaired) electrons. The van der Waals surface area contributed by atoms with Crippen molar-refractivity contribution in [2.24, 2.45) is 0 Å². The molecule has 0 atom stereocenters. The topological polar surface area (TPSA) is 93.5 Å². The van der Waals surface area contributed by atoms with Crippen molar-refractivity contribution in [3.63, 3.8) is 0 Å². The highest BCUT2D eigenvalue weighted by molar-refractivity contribution is 5.86. The van der Waals surface area contributed by atoms with Crippen LogP contribution in [0.4, 0.5) is 0 Å². The summed E-state index contributed by atoms with van der Waals surface area (Å²) in [5, 5.41) is 16.8. The Balaban J connectivity index is 2.20. The SMILES string of the molecule is Cc1oc(-c2nnc3ccccn23)nc1C(=O)O. The standard InChI is InChI=1S/C11H8N4O3/c1-6-8(11(16)17)12-10(18-6)9-14-13-7-4-2-3-5-15(7)9/h2-5H,1H3,(H,16,17). The minimum atomic E-state index is -1.13. The number of aryl methyl sites for hydroxylation is 1. The first kappa shape index (κ1) is 10.5. The molecule has 3 rings (SSSR count). The van der Waals surface area contributed by atoms with E-state index in [1.807, 2.05) is 12.1 Å². The van der Waals surface area contributed by atoms with Crippen molar-refractivity contribution in [3.05, 3.63) is 35.9 Å². The monoisotopic (exact) mass is 244 g/mol. The van der Waals surface area contributed by atoms with Gasteiger partial charge in [-0.3, -0.25) is 4.40 Å². The molecular formula is C11H8N4O3. The maximum Gasteiger partial charge on any atom is 0.358 e. The Morgan fingerprint density at radius 1 is 1.39 bits per heavy atom. The molecule has 0 fully saturated rings. The molecule has 0 bridgehead atoms. The van der Waals surface area contributed by atoms with E-state index in [4.69, 9.17) is 9.52 Å². The number of pyridine rings is 1. The van der Waals surface area contributed by atoms with Gasteiger partial charge in [0.1, 0.15) is 5.76 Å². The first-order valence-corrected chi connectivity index (χ1v) is 5.17. The maximum atomic E-state index is 10.9. The fourth-order valence-corrected chi connectivity index (χ4v) is 1.68. The molecule has 0 saturated heterocycles. The maximum absolute atomic E-state index is 10.9. The van der Waals surface area contributed by atoms with Gasteiger partial charge in [-0.15, -0.1) is 10.2 Å². The third-order valence-electron chi connectivity index (χ3n) is 2.50. The van der Waals surface area contributed by atoms with Gasteiger partial charge in [0, 0.05) is 6.20 Å². The van der Waals surface area contributed by atoms with E-state index < -0.39 is 5.97 Å². The van der Waals surface area contributed by atoms with E-state index in [-0.39, 0.29) is 17.3 Å². The lowest BCUT2D eigenvalue weighted by atomic mass is 10.4. The predicted octanol–water partition coefficient (Wildman–Crippen LogP) is 1.39. The quantitative estimate of drug-likeness (QED) is 0.732. The highest BCUT2D eigenvalue weighted by Crippen LogP contribution is 2.20. The van der Waals surface area contributed by atoms with Crippen LogP contribution in [0.2, 0.25) is 0 Å². The van der Waals surface area contributed by atoms with Crippen LogP contribution in [0.5, 0.6) is 0 Å². The van der Waals surface area contributed by atoms with Crippen LogP contribution >= 0.6 is 0 Å². The first-order valence-electron chi connectivity index (χ1n) is 5.17. The third kappa shape index (κ3) is 1.45. The molecule has 0 amide bonds. The molecule has 3 heterocycles. The van der Waals surface area contributed by atoms with Gasteiger partial charge in [-0.2, -0.15) is 4.98 Å². The minimum absolute atomic E-state index is 0.113. The second-order valence-corrected chi connectivity index (χ2v) is 3.68. The summed E-state index contributed by atoms with van der Waals surface area (Å²) in [4.78, 5) is 14.8. The number of hydrogen-bond donors (Lipinski definition) is 1. The van der Waals surface area contributed by atoms with Crippen LogP contribution in [0, 0.1) is 6.92 Å². The number of nitrogens with zero attached hydrogens (tertiary/aromatic N) is 4. The van der Waals surface area contributed by atoms with Crippen molar-refractivity contribution in [2.45, 2.75) is 6.92 Å². The fourth-order valence-electron chi connectivity index (χ4n) is 1.68. The molecular weight excluding hydrogens is 236 g/mol. The van der Waals surface area contributed by atoms with Crippen molar-refractivity contribution >= 4 is 11.6 Å². The predicted molar refractivity (Wildman–Crippen MR) is 60.2 cm³/mol. The molecule has 0 saturated carbocycles. The van der Waals surface area contributed by atoms with Gasteiger partial charge in [0.05, 0.1) is 0 Å². The Labute approximate surface area is 101 Å². The molecule has 0 aliphatic carbocycles. The van der Waals surface area contributed by atoms with Crippen molar-refractivity contribution in [1.82, 2.24) is 19.6 Å². The summed E-state index contributed by atoms with van der Waals surface area (Å²) in [5.74, 6) is -0.369. The van der Waals surface area contributed by atoms with Gasteiger partial charge < -0.3 is 9.52 Å². The van der Waals surface area contributed by atoms with Gasteiger partial charge in [-0.25, -0.2) is 4.79 Å². The molecule has 18 heavy (non-hydrogen) atoms. The fraction of sp³-hybridized carbons (Fsp3) is 0.0909. The summed E-state index contributed by atoms with van der Waals surface area (Å²) < 4.78 is 6.99. The number of fused-ring (bicyclic) bond motifs is 1. The van der Waals surface area contributed by atoms with E-state index in [0.717, 1.165) is 0 Å². The zero-order valence-corrected chi connectivity index (χ0v) is 9.36. The first-order chi connectivity index (χ1) is 8.66. The summed E-state index contributed by atoms with van der Waals surface area (Å²) in [6.45, 7) is 1.54. The van der Waals surface area contributed by atoms with Crippen LogP contribution in [-0.2, 0) is 0 Å². The molecule has 0 unspecified atom stereocenters. The van der Waals surface area contributed by atoms with Gasteiger partial charge in [-0.1, -0.05) is 6.07 Å². The van der Waals surface area contributed by atoms with Crippen LogP contribution in [0.3, 0.4) is 0 Å². The van der Waals surface area contributed by atoms with E-state index in [1.165, 1.54) is 0 Å². The zero-order chi connectivity index (χ0) is 12.7. The molecule has 7 heteroatoms. The lowest BCUT2D eigenvalue weighted by molar-refractivity contribution is 0.0689. The van der Waals surface area contributed by atoms with E-state index in [0.29, 0.717) is 11.5 Å². The van der Waals surface area contributed by atoms with Gasteiger partial charge >= 0.3 is 5.97 Å². The Bertz CT molecular complexity index is 744. The molecule has 0 aromatic carbocycles. The second-order valence-electron chi connectivity index (χ2n) is 3.68. The van der Waals surface area contributed by atoms with E-state index in [2.05, 4.69) is 15.2 Å². The average Bonchev–Trinajstić information content (AvgIpc) is 2.92. The zero-order valence-electron chi connectivity index (χ0n) is 9.36. The summed E-state index contributed by atoms with van der Waals surface area (Å²) in [7, 11) is 0. The number of oxazole rings is 1. The van der Waals surface area contributed by atoms with Crippen LogP contribution in [0.25, 0.3) is 17.4 Å². The molecule has 0 aliphatic rings. The Hall–Kier alpha value is -2.70. The lowest BCUT2D eigenvalue weighted by Crippen LogP contribution is -1.98. The van der Waals surface area contributed by atoms with Crippen LogP contribution in [-0.4, -0.2) is 30.7 Å². The third-order valence-corrected chi connectivity index (χ3v) is 2.50. The van der Waals surface area contributed by atoms with Crippen LogP contribution in [0.15, 0.2) is 28.8 Å². The molecule has 3 aromatic heterocycles. The van der Waals surface area contributed by atoms with Gasteiger partial charge in [-0.05, 0) is 19.1 Å². The summed E-state index contributed by atoms with van der Waals surface area (Å²) >= 11 is 0. The van der Waals surface area contributed by atoms with Crippen molar-refractivity contribution in [2.75, 3.05) is 0 Å². The van der Waals surface area contributed by atoms with Crippen molar-refractivity contribution in [3.8, 4) is 11.7 Å². The van der Waals surface area contributed by atoms with E-state index in [1.54, 1.807) is 23.6 Å². The number of hydrogen-bond acceptors (Lipinski definition) is 5. The molecule has 1 N–H and O–H groups in total. The van der Waals surface area contributed by atoms with Gasteiger partial charge in [0.2, 0.25) is 5.82 Å². The van der Waals surface area contributed by atoms with E-state index in [9.17, 15) is 4.79 Å². The Kier molecular flexibility index (Phi) is 2.12. The minimum Gasteiger partial charge on any atom is -0.476 e. The molecule has 90 valence electrons. The summed E-state index contributed by atoms with van der Waals surface area (Å²) in [5.41, 5.74) is 0.526. The van der Waals surface area contributed by atoms with Gasteiger partial charge in [0.25, 0.3) is 5.89 Å². The number of rotatable bonds is 2. The van der Waals surface area contributed by atoms with Crippen LogP contribution < -0.4 is 0 Å². The normalized spacial score (nSPS) is 10.9. The summed E-state index contributed by atoms with van der Waals surface area (Å²) in [6.07, 6.45) is 1.75. The average molecular weight is 244 g/mol. The largest absolute Gasteiger partial charge is 0.476 e. The number of aromatic carboxylic acids is 1. The lowest BCUT2D eigenvalue weighted by Gasteiger charge is -1.93. The number of aromatic nitrogens is 4. The van der Waals surface area contributed by atoms with Gasteiger partial charge in [0.15, 0.2) is 11.3 Å². The molecule has 0 aliphatic heterocycles. The molecule has 3 aromatic rings. The number of carboxylic acid groups (broad SMARTS) is 1. The Morgan fingerprint density at radius 2 is 2.22 bits per heavy atom. The van der Waals surface area contributed by atoms with Crippen LogP contribution in [0.1, 0.15) is 16.2 Å². The highest BCUT2D eigenvalue weighted by Gasteiger charge is 2.20. The molecule has 7 nitrogen and oxygen atoms in total. The highest BCUT2D eigenvalue weighted by atomic mass is 16.4. The Morgan fingerprint density at radius 3 is 2.94 bits per heavy atom. The molecule has 0 spiro atoms. The number of carbonyl (C=O) groups is 1. The second kappa shape index (κ2) is 3.66. The van der Waals surface area contributed by atoms with E-state index >= 15 is 0 Å². The summed E-state index contributed by atoms with van der Waals surface area (Å²) in [6, 6.07) is 5.43. The number of carboxylic acids is 1. The smallest absolute Gasteiger partial charge is 0.358 e.